The van der Waals surface area contributed by atoms with Crippen LogP contribution in [0.1, 0.15) is 24.8 Å². The first-order valence-electron chi connectivity index (χ1n) is 8.63. The number of hydrogen-bond acceptors (Lipinski definition) is 4. The van der Waals surface area contributed by atoms with E-state index in [4.69, 9.17) is 4.74 Å². The molecular formula is C19H23FN2O3S. The van der Waals surface area contributed by atoms with Gasteiger partial charge in [-0.2, -0.15) is 0 Å². The van der Waals surface area contributed by atoms with E-state index in [2.05, 4.69) is 9.62 Å². The molecule has 1 aliphatic heterocycles. The van der Waals surface area contributed by atoms with Crippen molar-refractivity contribution in [1.29, 1.82) is 0 Å². The van der Waals surface area contributed by atoms with Crippen molar-refractivity contribution in [2.75, 3.05) is 29.8 Å². The lowest BCUT2D eigenvalue weighted by atomic mass is 10.1. The fraction of sp³-hybridized carbons (Fsp3) is 0.368. The number of ether oxygens (including phenoxy) is 1. The second kappa shape index (κ2) is 7.53. The van der Waals surface area contributed by atoms with Gasteiger partial charge in [0, 0.05) is 19.2 Å². The van der Waals surface area contributed by atoms with Gasteiger partial charge in [0.25, 0.3) is 10.0 Å². The molecule has 0 amide bonds. The topological polar surface area (TPSA) is 58.6 Å². The van der Waals surface area contributed by atoms with Gasteiger partial charge in [-0.15, -0.1) is 0 Å². The Labute approximate surface area is 153 Å². The highest BCUT2D eigenvalue weighted by Gasteiger charge is 2.22. The summed E-state index contributed by atoms with van der Waals surface area (Å²) in [4.78, 5) is 2.24. The number of benzene rings is 2. The monoisotopic (exact) mass is 378 g/mol. The van der Waals surface area contributed by atoms with Crippen LogP contribution in [0.15, 0.2) is 41.3 Å². The summed E-state index contributed by atoms with van der Waals surface area (Å²) in [6.07, 6.45) is 3.24. The predicted molar refractivity (Wildman–Crippen MR) is 101 cm³/mol. The lowest BCUT2D eigenvalue weighted by Crippen LogP contribution is -2.30. The van der Waals surface area contributed by atoms with Gasteiger partial charge in [0.1, 0.15) is 11.6 Å². The molecule has 1 fully saturated rings. The minimum absolute atomic E-state index is 0.146. The van der Waals surface area contributed by atoms with Gasteiger partial charge in [0.2, 0.25) is 0 Å². The van der Waals surface area contributed by atoms with Crippen molar-refractivity contribution < 1.29 is 17.5 Å². The van der Waals surface area contributed by atoms with Crippen molar-refractivity contribution >= 4 is 21.4 Å². The van der Waals surface area contributed by atoms with Crippen molar-refractivity contribution in [3.63, 3.8) is 0 Å². The van der Waals surface area contributed by atoms with Gasteiger partial charge in [-0.25, -0.2) is 12.8 Å². The summed E-state index contributed by atoms with van der Waals surface area (Å²) in [7, 11) is -2.32. The van der Waals surface area contributed by atoms with Crippen LogP contribution in [0.3, 0.4) is 0 Å². The van der Waals surface area contributed by atoms with Crippen LogP contribution in [0, 0.1) is 12.7 Å². The summed E-state index contributed by atoms with van der Waals surface area (Å²) >= 11 is 0. The van der Waals surface area contributed by atoms with E-state index in [9.17, 15) is 12.8 Å². The molecule has 0 radical (unpaired) electrons. The van der Waals surface area contributed by atoms with Crippen LogP contribution in [0.2, 0.25) is 0 Å². The van der Waals surface area contributed by atoms with Gasteiger partial charge < -0.3 is 9.64 Å². The molecule has 3 rings (SSSR count). The van der Waals surface area contributed by atoms with Crippen molar-refractivity contribution in [3.05, 3.63) is 47.8 Å². The Morgan fingerprint density at radius 1 is 1.08 bits per heavy atom. The molecule has 26 heavy (non-hydrogen) atoms. The van der Waals surface area contributed by atoms with Crippen LogP contribution < -0.4 is 14.4 Å². The maximum Gasteiger partial charge on any atom is 0.262 e. The zero-order valence-corrected chi connectivity index (χ0v) is 15.8. The third-order valence-corrected chi connectivity index (χ3v) is 6.10. The van der Waals surface area contributed by atoms with Crippen LogP contribution in [0.25, 0.3) is 0 Å². The minimum atomic E-state index is -3.85. The summed E-state index contributed by atoms with van der Waals surface area (Å²) in [6.45, 7) is 3.37. The summed E-state index contributed by atoms with van der Waals surface area (Å²) in [5, 5.41) is 0. The molecule has 1 saturated heterocycles. The average Bonchev–Trinajstić information content (AvgIpc) is 2.62. The molecule has 0 aromatic heterocycles. The summed E-state index contributed by atoms with van der Waals surface area (Å²) in [5.74, 6) is 0.108. The highest BCUT2D eigenvalue weighted by atomic mass is 32.2. The van der Waals surface area contributed by atoms with E-state index in [0.717, 1.165) is 32.4 Å². The van der Waals surface area contributed by atoms with E-state index in [1.54, 1.807) is 25.1 Å². The molecule has 0 aliphatic carbocycles. The number of sulfonamides is 1. The fourth-order valence-electron chi connectivity index (χ4n) is 3.25. The molecule has 5 nitrogen and oxygen atoms in total. The maximum absolute atomic E-state index is 13.8. The number of aryl methyl sites for hydroxylation is 1. The lowest BCUT2D eigenvalue weighted by Gasteiger charge is -2.30. The lowest BCUT2D eigenvalue weighted by molar-refractivity contribution is 0.414. The zero-order chi connectivity index (χ0) is 18.7. The summed E-state index contributed by atoms with van der Waals surface area (Å²) in [5.41, 5.74) is 1.54. The number of anilines is 2. The molecule has 0 atom stereocenters. The highest BCUT2D eigenvalue weighted by Crippen LogP contribution is 2.32. The first kappa shape index (κ1) is 18.5. The SMILES string of the molecule is COc1ccc(S(=O)(=O)Nc2cc(F)ccc2N2CCCCC2)c(C)c1. The number of nitrogens with one attached hydrogen (secondary N) is 1. The largest absolute Gasteiger partial charge is 0.497 e. The van der Waals surface area contributed by atoms with Crippen molar-refractivity contribution in [3.8, 4) is 5.75 Å². The normalized spacial score (nSPS) is 15.0. The Morgan fingerprint density at radius 2 is 1.81 bits per heavy atom. The molecule has 0 saturated carbocycles. The first-order chi connectivity index (χ1) is 12.4. The molecule has 2 aromatic rings. The van der Waals surface area contributed by atoms with Gasteiger partial charge >= 0.3 is 0 Å². The van der Waals surface area contributed by atoms with E-state index < -0.39 is 15.8 Å². The molecule has 140 valence electrons. The standard InChI is InChI=1S/C19H23FN2O3S/c1-14-12-16(25-2)7-9-19(14)26(23,24)21-17-13-15(20)6-8-18(17)22-10-4-3-5-11-22/h6-9,12-13,21H,3-5,10-11H2,1-2H3. The summed E-state index contributed by atoms with van der Waals surface area (Å²) in [6, 6.07) is 8.99. The predicted octanol–water partition coefficient (Wildman–Crippen LogP) is 3.93. The Kier molecular flexibility index (Phi) is 5.36. The van der Waals surface area contributed by atoms with Gasteiger partial charge in [-0.05, 0) is 62.1 Å². The van der Waals surface area contributed by atoms with Gasteiger partial charge in [-0.3, -0.25) is 4.72 Å². The first-order valence-corrected chi connectivity index (χ1v) is 10.1. The second-order valence-corrected chi connectivity index (χ2v) is 8.10. The summed E-state index contributed by atoms with van der Waals surface area (Å²) < 4.78 is 47.2. The molecule has 0 spiro atoms. The van der Waals surface area contributed by atoms with E-state index >= 15 is 0 Å². The number of nitrogens with zero attached hydrogens (tertiary/aromatic N) is 1. The van der Waals surface area contributed by atoms with Crippen molar-refractivity contribution in [1.82, 2.24) is 0 Å². The molecule has 2 aromatic carbocycles. The van der Waals surface area contributed by atoms with E-state index in [0.29, 0.717) is 17.0 Å². The second-order valence-electron chi connectivity index (χ2n) is 6.45. The molecule has 7 heteroatoms. The number of halogens is 1. The van der Waals surface area contributed by atoms with Crippen molar-refractivity contribution in [2.24, 2.45) is 0 Å². The van der Waals surface area contributed by atoms with E-state index in [1.165, 1.54) is 25.3 Å². The van der Waals surface area contributed by atoms with E-state index in [1.807, 2.05) is 0 Å². The van der Waals surface area contributed by atoms with Crippen LogP contribution in [0.4, 0.5) is 15.8 Å². The molecule has 1 heterocycles. The molecule has 0 unspecified atom stereocenters. The smallest absolute Gasteiger partial charge is 0.262 e. The number of methoxy groups -OCH3 is 1. The van der Waals surface area contributed by atoms with Crippen LogP contribution in [0.5, 0.6) is 5.75 Å². The zero-order valence-electron chi connectivity index (χ0n) is 15.0. The van der Waals surface area contributed by atoms with Crippen LogP contribution in [-0.2, 0) is 10.0 Å². The average molecular weight is 378 g/mol. The fourth-order valence-corrected chi connectivity index (χ4v) is 4.54. The maximum atomic E-state index is 13.8. The quantitative estimate of drug-likeness (QED) is 0.856. The Hall–Kier alpha value is -2.28. The molecule has 0 bridgehead atoms. The number of piperidine rings is 1. The third-order valence-electron chi connectivity index (χ3n) is 4.57. The molecule has 1 aliphatic rings. The van der Waals surface area contributed by atoms with E-state index in [-0.39, 0.29) is 10.6 Å². The number of hydrogen-bond donors (Lipinski definition) is 1. The van der Waals surface area contributed by atoms with Crippen LogP contribution in [-0.4, -0.2) is 28.6 Å². The highest BCUT2D eigenvalue weighted by molar-refractivity contribution is 7.92. The van der Waals surface area contributed by atoms with Crippen molar-refractivity contribution in [2.45, 2.75) is 31.1 Å². The van der Waals surface area contributed by atoms with Gasteiger partial charge in [0.15, 0.2) is 0 Å². The Morgan fingerprint density at radius 3 is 2.46 bits per heavy atom. The molecular weight excluding hydrogens is 355 g/mol. The third kappa shape index (κ3) is 3.93. The van der Waals surface area contributed by atoms with Gasteiger partial charge in [-0.1, -0.05) is 0 Å². The van der Waals surface area contributed by atoms with Crippen LogP contribution >= 0.6 is 0 Å². The Balaban J connectivity index is 1.95. The minimum Gasteiger partial charge on any atom is -0.497 e. The number of rotatable bonds is 5. The molecule has 1 N–H and O–H groups in total. The van der Waals surface area contributed by atoms with Gasteiger partial charge in [0.05, 0.1) is 23.4 Å². The Bertz CT molecular complexity index is 894.